The van der Waals surface area contributed by atoms with E-state index in [1.807, 2.05) is 26.1 Å². The summed E-state index contributed by atoms with van der Waals surface area (Å²) in [5.74, 6) is -0.0787. The molecule has 2 aromatic rings. The molecular weight excluding hydrogens is 473 g/mol. The van der Waals surface area contributed by atoms with Crippen LogP contribution in [0.5, 0.6) is 0 Å². The van der Waals surface area contributed by atoms with Crippen molar-refractivity contribution < 1.29 is 9.18 Å². The van der Waals surface area contributed by atoms with Gasteiger partial charge < -0.3 is 10.1 Å². The van der Waals surface area contributed by atoms with E-state index in [1.165, 1.54) is 30.4 Å². The van der Waals surface area contributed by atoms with Crippen molar-refractivity contribution in [3.8, 4) is 0 Å². The Morgan fingerprint density at radius 1 is 1.21 bits per heavy atom. The van der Waals surface area contributed by atoms with Gasteiger partial charge in [0.05, 0.1) is 0 Å². The molecule has 0 aliphatic carbocycles. The molecule has 1 fully saturated rings. The Kier molecular flexibility index (Phi) is 11.8. The fourth-order valence-corrected chi connectivity index (χ4v) is 5.72. The summed E-state index contributed by atoms with van der Waals surface area (Å²) in [6.45, 7) is 12.8. The van der Waals surface area contributed by atoms with Crippen LogP contribution in [-0.4, -0.2) is 48.8 Å². The first-order valence-electron chi connectivity index (χ1n) is 14.2. The third-order valence-electron chi connectivity index (χ3n) is 8.06. The summed E-state index contributed by atoms with van der Waals surface area (Å²) in [6, 6.07) is 13.1. The second-order valence-electron chi connectivity index (χ2n) is 10.6. The molecule has 4 nitrogen and oxygen atoms in total. The number of rotatable bonds is 15. The number of likely N-dealkylation sites (N-methyl/N-ethyl adjacent to an activating group) is 2. The molecule has 1 saturated heterocycles. The zero-order valence-electron chi connectivity index (χ0n) is 23.6. The summed E-state index contributed by atoms with van der Waals surface area (Å²) in [5.41, 5.74) is 6.50. The van der Waals surface area contributed by atoms with E-state index in [0.29, 0.717) is 12.5 Å². The number of nitrogens with one attached hydrogen (secondary N) is 1. The number of carbonyl (C=O) groups excluding carboxylic acids is 1. The molecule has 0 spiro atoms. The molecule has 1 N–H and O–H groups in total. The van der Waals surface area contributed by atoms with Gasteiger partial charge in [0.2, 0.25) is 0 Å². The normalized spacial score (nSPS) is 16.8. The van der Waals surface area contributed by atoms with Crippen LogP contribution in [0.2, 0.25) is 0 Å². The molecule has 2 unspecified atom stereocenters. The van der Waals surface area contributed by atoms with E-state index in [-0.39, 0.29) is 11.9 Å². The first kappa shape index (κ1) is 29.8. The lowest BCUT2D eigenvalue weighted by molar-refractivity contribution is -0.108. The number of hydrogen-bond acceptors (Lipinski definition) is 4. The number of piperidine rings is 1. The Balaban J connectivity index is 1.68. The second-order valence-corrected chi connectivity index (χ2v) is 10.6. The molecule has 5 heteroatoms. The monoisotopic (exact) mass is 519 g/mol. The third-order valence-corrected chi connectivity index (χ3v) is 8.06. The van der Waals surface area contributed by atoms with Crippen molar-refractivity contribution in [3.05, 3.63) is 88.9 Å². The lowest BCUT2D eigenvalue weighted by Crippen LogP contribution is -2.39. The summed E-state index contributed by atoms with van der Waals surface area (Å²) in [7, 11) is 3.97. The Morgan fingerprint density at radius 3 is 2.68 bits per heavy atom. The number of aryl methyl sites for hydroxylation is 2. The van der Waals surface area contributed by atoms with Crippen LogP contribution < -0.4 is 5.32 Å². The molecular formula is C33H46FN3O. The van der Waals surface area contributed by atoms with Crippen molar-refractivity contribution in [2.75, 3.05) is 20.6 Å². The van der Waals surface area contributed by atoms with Crippen LogP contribution in [0.15, 0.2) is 55.3 Å². The number of halogens is 1. The van der Waals surface area contributed by atoms with Gasteiger partial charge >= 0.3 is 0 Å². The van der Waals surface area contributed by atoms with Crippen LogP contribution in [0.1, 0.15) is 73.3 Å². The number of likely N-dealkylation sites (tertiary alicyclic amines) is 1. The van der Waals surface area contributed by atoms with Gasteiger partial charge in [-0.15, -0.1) is 0 Å². The SMILES string of the molecule is C=Cc1ccc(CCC2CCCCN2Cc2ccc(CC)c(F)c2)cc1CN(C)C(CCC=O)C(=C)NC. The second kappa shape index (κ2) is 15.0. The summed E-state index contributed by atoms with van der Waals surface area (Å²) >= 11 is 0. The Morgan fingerprint density at radius 2 is 2.00 bits per heavy atom. The van der Waals surface area contributed by atoms with Crippen molar-refractivity contribution in [2.45, 2.75) is 83.5 Å². The highest BCUT2D eigenvalue weighted by molar-refractivity contribution is 5.53. The van der Waals surface area contributed by atoms with Gasteiger partial charge in [0.1, 0.15) is 12.1 Å². The predicted octanol–water partition coefficient (Wildman–Crippen LogP) is 6.53. The maximum atomic E-state index is 14.4. The average molecular weight is 520 g/mol. The van der Waals surface area contributed by atoms with Crippen molar-refractivity contribution in [2.24, 2.45) is 0 Å². The first-order valence-corrected chi connectivity index (χ1v) is 14.2. The maximum Gasteiger partial charge on any atom is 0.126 e. The lowest BCUT2D eigenvalue weighted by atomic mass is 9.93. The van der Waals surface area contributed by atoms with Crippen molar-refractivity contribution >= 4 is 12.4 Å². The standard InChI is InChI=1S/C33H46FN3O/c1-6-28-16-13-26(21-30(28)24-36(5)33(12-10-20-38)25(3)35-4)15-18-31-11-8-9-19-37(31)23-27-14-17-29(7-2)32(34)22-27/h6,13-14,16-17,20-22,31,33,35H,1,3,7-12,15,18-19,23-24H2,2,4-5H3. The summed E-state index contributed by atoms with van der Waals surface area (Å²) in [6.07, 6.45) is 10.6. The van der Waals surface area contributed by atoms with Gasteiger partial charge in [0.25, 0.3) is 0 Å². The number of nitrogens with zero attached hydrogens (tertiary/aromatic N) is 2. The fraction of sp³-hybridized carbons (Fsp3) is 0.485. The molecule has 0 aromatic heterocycles. The molecule has 206 valence electrons. The van der Waals surface area contributed by atoms with E-state index < -0.39 is 0 Å². The minimum atomic E-state index is -0.0787. The molecule has 0 radical (unpaired) electrons. The first-order chi connectivity index (χ1) is 18.4. The highest BCUT2D eigenvalue weighted by Gasteiger charge is 2.23. The van der Waals surface area contributed by atoms with Crippen LogP contribution in [0.4, 0.5) is 4.39 Å². The summed E-state index contributed by atoms with van der Waals surface area (Å²) in [5, 5.41) is 3.17. The zero-order valence-corrected chi connectivity index (χ0v) is 23.6. The average Bonchev–Trinajstić information content (AvgIpc) is 2.92. The van der Waals surface area contributed by atoms with Gasteiger partial charge in [-0.05, 0) is 86.0 Å². The molecule has 38 heavy (non-hydrogen) atoms. The van der Waals surface area contributed by atoms with E-state index in [1.54, 1.807) is 6.07 Å². The van der Waals surface area contributed by atoms with E-state index in [4.69, 9.17) is 0 Å². The molecule has 0 bridgehead atoms. The largest absolute Gasteiger partial charge is 0.391 e. The molecule has 2 aromatic carbocycles. The van der Waals surface area contributed by atoms with Crippen LogP contribution in [0.25, 0.3) is 6.08 Å². The highest BCUT2D eigenvalue weighted by Crippen LogP contribution is 2.26. The van der Waals surface area contributed by atoms with Gasteiger partial charge in [-0.2, -0.15) is 0 Å². The van der Waals surface area contributed by atoms with Crippen LogP contribution in [-0.2, 0) is 30.7 Å². The Hall–Kier alpha value is -2.76. The van der Waals surface area contributed by atoms with Crippen LogP contribution in [0.3, 0.4) is 0 Å². The molecule has 2 atom stereocenters. The highest BCUT2D eigenvalue weighted by atomic mass is 19.1. The quantitative estimate of drug-likeness (QED) is 0.271. The zero-order chi connectivity index (χ0) is 27.5. The van der Waals surface area contributed by atoms with Crippen molar-refractivity contribution in [1.82, 2.24) is 15.1 Å². The molecule has 1 heterocycles. The van der Waals surface area contributed by atoms with Gasteiger partial charge in [-0.3, -0.25) is 9.80 Å². The molecule has 1 aliphatic heterocycles. The number of carbonyl (C=O) groups is 1. The summed E-state index contributed by atoms with van der Waals surface area (Å²) < 4.78 is 14.4. The molecule has 3 rings (SSSR count). The van der Waals surface area contributed by atoms with Crippen LogP contribution >= 0.6 is 0 Å². The Bertz CT molecular complexity index is 1080. The van der Waals surface area contributed by atoms with E-state index in [0.717, 1.165) is 74.0 Å². The van der Waals surface area contributed by atoms with Gasteiger partial charge in [-0.25, -0.2) is 4.39 Å². The predicted molar refractivity (Wildman–Crippen MR) is 157 cm³/mol. The minimum Gasteiger partial charge on any atom is -0.391 e. The van der Waals surface area contributed by atoms with Gasteiger partial charge in [0, 0.05) is 44.3 Å². The van der Waals surface area contributed by atoms with Gasteiger partial charge in [0.15, 0.2) is 0 Å². The number of aldehydes is 1. The topological polar surface area (TPSA) is 35.6 Å². The summed E-state index contributed by atoms with van der Waals surface area (Å²) in [4.78, 5) is 15.8. The number of hydrogen-bond donors (Lipinski definition) is 1. The third kappa shape index (κ3) is 8.12. The Labute approximate surface area is 229 Å². The fourth-order valence-electron chi connectivity index (χ4n) is 5.72. The lowest BCUT2D eigenvalue weighted by Gasteiger charge is -2.36. The van der Waals surface area contributed by atoms with Gasteiger partial charge in [-0.1, -0.05) is 62.9 Å². The number of benzene rings is 2. The van der Waals surface area contributed by atoms with E-state index in [9.17, 15) is 9.18 Å². The van der Waals surface area contributed by atoms with Crippen LogP contribution in [0, 0.1) is 5.82 Å². The molecule has 0 saturated carbocycles. The van der Waals surface area contributed by atoms with Crippen molar-refractivity contribution in [1.29, 1.82) is 0 Å². The molecule has 1 aliphatic rings. The molecule has 0 amide bonds. The minimum absolute atomic E-state index is 0.0787. The van der Waals surface area contributed by atoms with Crippen molar-refractivity contribution in [3.63, 3.8) is 0 Å². The van der Waals surface area contributed by atoms with E-state index in [2.05, 4.69) is 59.6 Å². The smallest absolute Gasteiger partial charge is 0.126 e. The maximum absolute atomic E-state index is 14.4. The van der Waals surface area contributed by atoms with E-state index >= 15 is 0 Å².